The Morgan fingerprint density at radius 2 is 1.78 bits per heavy atom. The number of nitrogens with one attached hydrogen (secondary N) is 2. The van der Waals surface area contributed by atoms with Gasteiger partial charge in [-0.3, -0.25) is 14.9 Å². The zero-order chi connectivity index (χ0) is 20.0. The number of aromatic nitrogens is 2. The van der Waals surface area contributed by atoms with Crippen LogP contribution in [0.1, 0.15) is 55.9 Å². The SMILES string of the molecule is CCOc1ccc(C(=O)N[C@@H](C(=O)Nc2nnc(C(C)C)s2)C(C)C)cc1. The van der Waals surface area contributed by atoms with Crippen LogP contribution in [0.25, 0.3) is 0 Å². The molecule has 146 valence electrons. The quantitative estimate of drug-likeness (QED) is 0.720. The van der Waals surface area contributed by atoms with Crippen molar-refractivity contribution < 1.29 is 14.3 Å². The van der Waals surface area contributed by atoms with Gasteiger partial charge < -0.3 is 10.1 Å². The van der Waals surface area contributed by atoms with E-state index in [9.17, 15) is 9.59 Å². The number of ether oxygens (including phenoxy) is 1. The predicted octanol–water partition coefficient (Wildman–Crippen LogP) is 3.45. The Hall–Kier alpha value is -2.48. The molecule has 0 radical (unpaired) electrons. The number of amides is 2. The molecule has 1 atom stereocenters. The number of nitrogens with zero attached hydrogens (tertiary/aromatic N) is 2. The van der Waals surface area contributed by atoms with Crippen LogP contribution in [0.2, 0.25) is 0 Å². The highest BCUT2D eigenvalue weighted by Gasteiger charge is 2.26. The summed E-state index contributed by atoms with van der Waals surface area (Å²) < 4.78 is 5.38. The van der Waals surface area contributed by atoms with E-state index in [1.54, 1.807) is 24.3 Å². The summed E-state index contributed by atoms with van der Waals surface area (Å²) in [6, 6.07) is 6.13. The zero-order valence-electron chi connectivity index (χ0n) is 16.3. The molecule has 0 saturated heterocycles. The van der Waals surface area contributed by atoms with Gasteiger partial charge >= 0.3 is 0 Å². The standard InChI is InChI=1S/C19H26N4O3S/c1-6-26-14-9-7-13(8-10-14)16(24)20-15(11(2)3)17(25)21-19-23-22-18(27-19)12(4)5/h7-12,15H,6H2,1-5H3,(H,20,24)(H,21,23,25)/t15-/m1/s1. The van der Waals surface area contributed by atoms with Crippen molar-refractivity contribution in [3.05, 3.63) is 34.8 Å². The number of benzene rings is 1. The molecule has 2 amide bonds. The first kappa shape index (κ1) is 20.8. The van der Waals surface area contributed by atoms with Crippen LogP contribution < -0.4 is 15.4 Å². The van der Waals surface area contributed by atoms with E-state index in [1.807, 2.05) is 34.6 Å². The van der Waals surface area contributed by atoms with Gasteiger partial charge in [0.1, 0.15) is 16.8 Å². The molecule has 1 aromatic carbocycles. The van der Waals surface area contributed by atoms with Crippen molar-refractivity contribution in [2.75, 3.05) is 11.9 Å². The maximum atomic E-state index is 12.6. The van der Waals surface area contributed by atoms with Crippen LogP contribution >= 0.6 is 11.3 Å². The van der Waals surface area contributed by atoms with E-state index in [2.05, 4.69) is 20.8 Å². The molecule has 0 spiro atoms. The summed E-state index contributed by atoms with van der Waals surface area (Å²) in [6.07, 6.45) is 0. The van der Waals surface area contributed by atoms with Gasteiger partial charge in [0.05, 0.1) is 6.61 Å². The zero-order valence-corrected chi connectivity index (χ0v) is 17.1. The Bertz CT molecular complexity index is 772. The number of carbonyl (C=O) groups excluding carboxylic acids is 2. The first-order valence-electron chi connectivity index (χ1n) is 8.99. The molecule has 0 unspecified atom stereocenters. The van der Waals surface area contributed by atoms with Gasteiger partial charge in [-0.05, 0) is 37.1 Å². The highest BCUT2D eigenvalue weighted by Crippen LogP contribution is 2.22. The van der Waals surface area contributed by atoms with E-state index in [4.69, 9.17) is 4.74 Å². The fourth-order valence-electron chi connectivity index (χ4n) is 2.33. The fraction of sp³-hybridized carbons (Fsp3) is 0.474. The summed E-state index contributed by atoms with van der Waals surface area (Å²) in [5, 5.41) is 14.9. The van der Waals surface area contributed by atoms with Crippen molar-refractivity contribution in [3.63, 3.8) is 0 Å². The third-order valence-electron chi connectivity index (χ3n) is 3.83. The maximum absolute atomic E-state index is 12.6. The largest absolute Gasteiger partial charge is 0.494 e. The van der Waals surface area contributed by atoms with Gasteiger partial charge in [0, 0.05) is 11.5 Å². The van der Waals surface area contributed by atoms with Crippen LogP contribution in [0.5, 0.6) is 5.75 Å². The summed E-state index contributed by atoms with van der Waals surface area (Å²) in [4.78, 5) is 25.2. The van der Waals surface area contributed by atoms with Gasteiger partial charge in [-0.2, -0.15) is 0 Å². The lowest BCUT2D eigenvalue weighted by Gasteiger charge is -2.21. The number of carbonyl (C=O) groups is 2. The number of anilines is 1. The molecule has 0 aliphatic carbocycles. The second kappa shape index (κ2) is 9.45. The first-order chi connectivity index (χ1) is 12.8. The Kier molecular flexibility index (Phi) is 7.29. The average molecular weight is 391 g/mol. The maximum Gasteiger partial charge on any atom is 0.251 e. The molecular weight excluding hydrogens is 364 g/mol. The van der Waals surface area contributed by atoms with Crippen LogP contribution in [-0.2, 0) is 4.79 Å². The highest BCUT2D eigenvalue weighted by molar-refractivity contribution is 7.15. The number of hydrogen-bond acceptors (Lipinski definition) is 6. The van der Waals surface area contributed by atoms with Crippen molar-refractivity contribution in [1.29, 1.82) is 0 Å². The molecule has 1 heterocycles. The van der Waals surface area contributed by atoms with Crippen molar-refractivity contribution >= 4 is 28.3 Å². The molecule has 27 heavy (non-hydrogen) atoms. The third kappa shape index (κ3) is 5.75. The highest BCUT2D eigenvalue weighted by atomic mass is 32.1. The Morgan fingerprint density at radius 1 is 1.11 bits per heavy atom. The van der Waals surface area contributed by atoms with Gasteiger partial charge in [-0.15, -0.1) is 10.2 Å². The summed E-state index contributed by atoms with van der Waals surface area (Å²) in [5.41, 5.74) is 0.468. The van der Waals surface area contributed by atoms with Gasteiger partial charge in [-0.25, -0.2) is 0 Å². The second-order valence-electron chi connectivity index (χ2n) is 6.74. The minimum atomic E-state index is -0.685. The van der Waals surface area contributed by atoms with Crippen LogP contribution in [0.4, 0.5) is 5.13 Å². The molecule has 8 heteroatoms. The number of hydrogen-bond donors (Lipinski definition) is 2. The van der Waals surface area contributed by atoms with Crippen LogP contribution in [0.3, 0.4) is 0 Å². The minimum Gasteiger partial charge on any atom is -0.494 e. The molecule has 0 aliphatic rings. The molecule has 2 N–H and O–H groups in total. The smallest absolute Gasteiger partial charge is 0.251 e. The molecular formula is C19H26N4O3S. The van der Waals surface area contributed by atoms with Crippen molar-refractivity contribution in [1.82, 2.24) is 15.5 Å². The Morgan fingerprint density at radius 3 is 2.30 bits per heavy atom. The lowest BCUT2D eigenvalue weighted by molar-refractivity contribution is -0.118. The summed E-state index contributed by atoms with van der Waals surface area (Å²) in [7, 11) is 0. The summed E-state index contributed by atoms with van der Waals surface area (Å²) in [6.45, 7) is 10.2. The molecule has 1 aromatic heterocycles. The van der Waals surface area contributed by atoms with Gasteiger partial charge in [0.25, 0.3) is 5.91 Å². The predicted molar refractivity (Wildman–Crippen MR) is 106 cm³/mol. The molecule has 7 nitrogen and oxygen atoms in total. The minimum absolute atomic E-state index is 0.0888. The topological polar surface area (TPSA) is 93.2 Å². The monoisotopic (exact) mass is 390 g/mol. The van der Waals surface area contributed by atoms with E-state index in [0.717, 1.165) is 5.01 Å². The van der Waals surface area contributed by atoms with Gasteiger partial charge in [-0.1, -0.05) is 39.0 Å². The molecule has 0 bridgehead atoms. The lowest BCUT2D eigenvalue weighted by Crippen LogP contribution is -2.47. The van der Waals surface area contributed by atoms with E-state index in [0.29, 0.717) is 23.1 Å². The third-order valence-corrected chi connectivity index (χ3v) is 4.97. The molecule has 2 rings (SSSR count). The number of rotatable bonds is 8. The first-order valence-corrected chi connectivity index (χ1v) is 9.81. The summed E-state index contributed by atoms with van der Waals surface area (Å²) in [5.74, 6) is 0.231. The molecule has 0 saturated carbocycles. The van der Waals surface area contributed by atoms with E-state index in [1.165, 1.54) is 11.3 Å². The van der Waals surface area contributed by atoms with Crippen molar-refractivity contribution in [2.45, 2.75) is 46.6 Å². The van der Waals surface area contributed by atoms with Gasteiger partial charge in [0.2, 0.25) is 11.0 Å². The normalized spacial score (nSPS) is 12.1. The molecule has 0 fully saturated rings. The molecule has 2 aromatic rings. The van der Waals surface area contributed by atoms with E-state index in [-0.39, 0.29) is 23.7 Å². The van der Waals surface area contributed by atoms with Crippen LogP contribution in [0, 0.1) is 5.92 Å². The Balaban J connectivity index is 2.04. The molecule has 0 aliphatic heterocycles. The van der Waals surface area contributed by atoms with Crippen molar-refractivity contribution in [2.24, 2.45) is 5.92 Å². The van der Waals surface area contributed by atoms with Crippen LogP contribution in [-0.4, -0.2) is 34.7 Å². The Labute approximate surface area is 163 Å². The van der Waals surface area contributed by atoms with E-state index < -0.39 is 6.04 Å². The second-order valence-corrected chi connectivity index (χ2v) is 7.75. The average Bonchev–Trinajstić information content (AvgIpc) is 3.08. The fourth-order valence-corrected chi connectivity index (χ4v) is 3.08. The van der Waals surface area contributed by atoms with Crippen molar-refractivity contribution in [3.8, 4) is 5.75 Å². The lowest BCUT2D eigenvalue weighted by atomic mass is 10.0. The van der Waals surface area contributed by atoms with Gasteiger partial charge in [0.15, 0.2) is 0 Å². The van der Waals surface area contributed by atoms with E-state index >= 15 is 0 Å². The summed E-state index contributed by atoms with van der Waals surface area (Å²) >= 11 is 1.34. The van der Waals surface area contributed by atoms with Crippen LogP contribution in [0.15, 0.2) is 24.3 Å².